The van der Waals surface area contributed by atoms with Gasteiger partial charge in [0.05, 0.1) is 0 Å². The van der Waals surface area contributed by atoms with E-state index >= 15 is 0 Å². The van der Waals surface area contributed by atoms with Crippen LogP contribution in [0.15, 0.2) is 218 Å². The summed E-state index contributed by atoms with van der Waals surface area (Å²) in [6.45, 7) is 8.82. The second-order valence-electron chi connectivity index (χ2n) is 17.8. The molecule has 68 heavy (non-hydrogen) atoms. The van der Waals surface area contributed by atoms with Crippen molar-refractivity contribution in [2.75, 3.05) is 0 Å². The Bertz CT molecular complexity index is 3180. The molecule has 0 unspecified atom stereocenters. The van der Waals surface area contributed by atoms with Crippen LogP contribution in [0.25, 0.3) is 109 Å². The smallest absolute Gasteiger partial charge is 0.164 e. The summed E-state index contributed by atoms with van der Waals surface area (Å²) in [5, 5.41) is 15.8. The molecule has 12 rings (SSSR count). The van der Waals surface area contributed by atoms with Crippen LogP contribution < -0.4 is 0 Å². The molecule has 12 aromatic rings. The zero-order valence-electron chi connectivity index (χ0n) is 39.6. The van der Waals surface area contributed by atoms with E-state index in [1.807, 2.05) is 0 Å². The van der Waals surface area contributed by atoms with Crippen LogP contribution in [-0.4, -0.2) is 9.52 Å². The maximum absolute atomic E-state index is 2.42. The summed E-state index contributed by atoms with van der Waals surface area (Å²) in [5.41, 5.74) is 13.4. The number of hydrogen-bond donors (Lipinski definition) is 0. The summed E-state index contributed by atoms with van der Waals surface area (Å²) in [5.74, 6) is 0. The van der Waals surface area contributed by atoms with Gasteiger partial charge in [0.2, 0.25) is 0 Å². The van der Waals surface area contributed by atoms with Crippen LogP contribution in [0, 0.1) is 0 Å². The first-order valence-electron chi connectivity index (χ1n) is 24.0. The van der Waals surface area contributed by atoms with Crippen molar-refractivity contribution in [3.8, 4) is 44.5 Å². The largest absolute Gasteiger partial charge is 2.00 e. The van der Waals surface area contributed by atoms with Gasteiger partial charge in [0.25, 0.3) is 0 Å². The first-order chi connectivity index (χ1) is 33.1. The van der Waals surface area contributed by atoms with Crippen molar-refractivity contribution < 1.29 is 26.2 Å². The zero-order chi connectivity index (χ0) is 45.7. The summed E-state index contributed by atoms with van der Waals surface area (Å²) in [6.07, 6.45) is 4.53. The van der Waals surface area contributed by atoms with Crippen LogP contribution >= 0.6 is 0 Å². The maximum Gasteiger partial charge on any atom is 2.00 e. The minimum atomic E-state index is 0. The molecule has 0 atom stereocenters. The Morgan fingerprint density at radius 2 is 0.559 bits per heavy atom. The van der Waals surface area contributed by atoms with Crippen LogP contribution in [0.3, 0.4) is 0 Å². The van der Waals surface area contributed by atoms with Gasteiger partial charge in [-0.15, -0.1) is 44.8 Å². The predicted molar refractivity (Wildman–Crippen MR) is 296 cm³/mol. The molecular formula is C66H56SiZr. The minimum absolute atomic E-state index is 0. The van der Waals surface area contributed by atoms with E-state index in [2.05, 4.69) is 245 Å². The Morgan fingerprint density at radius 1 is 0.309 bits per heavy atom. The third kappa shape index (κ3) is 9.13. The van der Waals surface area contributed by atoms with E-state index in [1.165, 1.54) is 120 Å². The molecule has 12 aromatic carbocycles. The van der Waals surface area contributed by atoms with Crippen molar-refractivity contribution in [1.29, 1.82) is 0 Å². The van der Waals surface area contributed by atoms with Gasteiger partial charge in [-0.1, -0.05) is 267 Å². The van der Waals surface area contributed by atoms with Crippen molar-refractivity contribution in [2.24, 2.45) is 0 Å². The number of benzene rings is 10. The number of aryl methyl sites for hydroxylation is 2. The van der Waals surface area contributed by atoms with E-state index in [0.29, 0.717) is 0 Å². The van der Waals surface area contributed by atoms with Gasteiger partial charge in [-0.05, 0) is 67.1 Å². The summed E-state index contributed by atoms with van der Waals surface area (Å²) >= 11 is 0. The van der Waals surface area contributed by atoms with E-state index < -0.39 is 0 Å². The van der Waals surface area contributed by atoms with Crippen LogP contribution in [0.5, 0.6) is 0 Å². The number of fused-ring (bicyclic) bond motifs is 6. The van der Waals surface area contributed by atoms with Crippen molar-refractivity contribution in [3.05, 3.63) is 230 Å². The number of hydrogen-bond acceptors (Lipinski definition) is 0. The first-order valence-corrected chi connectivity index (χ1v) is 26.0. The molecule has 0 fully saturated rings. The third-order valence-corrected chi connectivity index (χ3v) is 13.3. The third-order valence-electron chi connectivity index (χ3n) is 13.3. The van der Waals surface area contributed by atoms with E-state index in [1.54, 1.807) is 0 Å². The Hall–Kier alpha value is -6.44. The van der Waals surface area contributed by atoms with Gasteiger partial charge in [-0.2, -0.15) is 12.1 Å². The molecule has 0 amide bonds. The van der Waals surface area contributed by atoms with Crippen LogP contribution in [0.1, 0.15) is 37.8 Å². The van der Waals surface area contributed by atoms with Crippen LogP contribution in [0.2, 0.25) is 13.1 Å². The maximum atomic E-state index is 2.42. The Kier molecular flexibility index (Phi) is 14.6. The molecule has 0 saturated heterocycles. The fourth-order valence-corrected chi connectivity index (χ4v) is 10.4. The fraction of sp³-hybridized carbons (Fsp3) is 0.121. The van der Waals surface area contributed by atoms with Gasteiger partial charge in [-0.25, -0.2) is 0 Å². The molecule has 0 N–H and O–H groups in total. The SMILES string of the molecule is CCCc1cc2c(-c3cccc4ccccc34)ccc(-c3cccc4ccccc34)c2[cH-]1.CCCc1cc2c(-c3cccc4ccccc34)ccc(-c3cccc4ccccc34)c2[cH-]1.C[Si]C.[Zr+2]. The molecule has 2 radical (unpaired) electrons. The molecule has 0 spiro atoms. The van der Waals surface area contributed by atoms with Crippen LogP contribution in [-0.2, 0) is 39.0 Å². The van der Waals surface area contributed by atoms with E-state index in [-0.39, 0.29) is 26.2 Å². The van der Waals surface area contributed by atoms with Crippen molar-refractivity contribution in [3.63, 3.8) is 0 Å². The average molecular weight is 968 g/mol. The first kappa shape index (κ1) is 46.7. The van der Waals surface area contributed by atoms with Gasteiger partial charge in [0.1, 0.15) is 0 Å². The quantitative estimate of drug-likeness (QED) is 0.105. The molecule has 0 nitrogen and oxygen atoms in total. The molecule has 0 bridgehead atoms. The normalized spacial score (nSPS) is 11.1. The molecule has 0 aromatic heterocycles. The van der Waals surface area contributed by atoms with Crippen molar-refractivity contribution in [1.82, 2.24) is 0 Å². The van der Waals surface area contributed by atoms with Gasteiger partial charge in [-0.3, -0.25) is 0 Å². The van der Waals surface area contributed by atoms with Gasteiger partial charge in [0, 0.05) is 9.52 Å². The fourth-order valence-electron chi connectivity index (χ4n) is 10.4. The summed E-state index contributed by atoms with van der Waals surface area (Å²) < 4.78 is 0. The van der Waals surface area contributed by atoms with Gasteiger partial charge < -0.3 is 0 Å². The van der Waals surface area contributed by atoms with Crippen LogP contribution in [0.4, 0.5) is 0 Å². The average Bonchev–Trinajstić information content (AvgIpc) is 4.01. The van der Waals surface area contributed by atoms with Crippen molar-refractivity contribution in [2.45, 2.75) is 52.6 Å². The number of rotatable bonds is 8. The summed E-state index contributed by atoms with van der Waals surface area (Å²) in [6, 6.07) is 80.4. The molecule has 0 aliphatic carbocycles. The molecule has 328 valence electrons. The van der Waals surface area contributed by atoms with Crippen molar-refractivity contribution >= 4 is 74.2 Å². The summed E-state index contributed by atoms with van der Waals surface area (Å²) in [4.78, 5) is 0. The molecule has 0 aliphatic heterocycles. The standard InChI is InChI=1S/2C32H25.C2H6Si.Zr/c2*1-2-9-22-20-31-29(27-16-7-12-23-10-3-5-14-25(23)27)18-19-30(32(31)21-22)28-17-8-13-24-11-4-6-15-26(24)28;1-3-2;/h2*3-8,10-21H,2,9H2,1H3;1-2H3;/q2*-1;;+2. The second kappa shape index (κ2) is 21.2. The van der Waals surface area contributed by atoms with Gasteiger partial charge >= 0.3 is 26.2 Å². The topological polar surface area (TPSA) is 0 Å². The molecule has 0 aliphatic rings. The molecule has 0 saturated carbocycles. The summed E-state index contributed by atoms with van der Waals surface area (Å²) in [7, 11) is 1.08. The molecule has 2 heteroatoms. The van der Waals surface area contributed by atoms with Gasteiger partial charge in [0.15, 0.2) is 0 Å². The van der Waals surface area contributed by atoms with E-state index in [9.17, 15) is 0 Å². The monoisotopic (exact) mass is 966 g/mol. The molecular weight excluding hydrogens is 912 g/mol. The Morgan fingerprint density at radius 3 is 0.868 bits per heavy atom. The molecule has 0 heterocycles. The predicted octanol–water partition coefficient (Wildman–Crippen LogP) is 19.1. The minimum Gasteiger partial charge on any atom is -0.164 e. The zero-order valence-corrected chi connectivity index (χ0v) is 43.1. The second-order valence-corrected chi connectivity index (χ2v) is 18.8. The van der Waals surface area contributed by atoms with E-state index in [0.717, 1.165) is 35.2 Å². The Labute approximate surface area is 424 Å². The van der Waals surface area contributed by atoms with E-state index in [4.69, 9.17) is 0 Å². The Balaban J connectivity index is 0.000000159.